The maximum absolute atomic E-state index is 13.7. The van der Waals surface area contributed by atoms with E-state index in [0.717, 1.165) is 24.2 Å². The van der Waals surface area contributed by atoms with Crippen LogP contribution in [-0.4, -0.2) is 15.5 Å². The Kier molecular flexibility index (Phi) is 5.55. The molecule has 0 aliphatic carbocycles. The standard InChI is InChI=1S/C18H20NOS.Li/c1-18(15-16-9-4-2-5-10-16)13-8-14-19-21(18,20)17-11-6-3-7-12-17;/h2-7,9-11H,8,13-15H2,1H3;/q-1;+1/t18-,21-;/m1./s1. The molecule has 22 heavy (non-hydrogen) atoms. The van der Waals surface area contributed by atoms with E-state index in [-0.39, 0.29) is 23.6 Å². The van der Waals surface area contributed by atoms with Crippen LogP contribution in [0.15, 0.2) is 63.9 Å². The zero-order valence-corrected chi connectivity index (χ0v) is 14.1. The maximum Gasteiger partial charge on any atom is 1.00 e. The Hall–Kier alpha value is -1.01. The average molecular weight is 305 g/mol. The molecule has 0 saturated heterocycles. The van der Waals surface area contributed by atoms with Gasteiger partial charge >= 0.3 is 18.9 Å². The Morgan fingerprint density at radius 1 is 1.18 bits per heavy atom. The summed E-state index contributed by atoms with van der Waals surface area (Å²) in [5.74, 6) is 0. The van der Waals surface area contributed by atoms with Gasteiger partial charge in [0.05, 0.1) is 14.5 Å². The summed E-state index contributed by atoms with van der Waals surface area (Å²) in [6, 6.07) is 21.0. The topological polar surface area (TPSA) is 29.4 Å². The van der Waals surface area contributed by atoms with Crippen LogP contribution in [0.1, 0.15) is 25.3 Å². The first kappa shape index (κ1) is 17.3. The van der Waals surface area contributed by atoms with E-state index in [1.54, 1.807) is 0 Å². The largest absolute Gasteiger partial charge is 1.00 e. The first-order valence-electron chi connectivity index (χ1n) is 7.37. The minimum atomic E-state index is -2.44. The predicted octanol–water partition coefficient (Wildman–Crippen LogP) is 1.11. The summed E-state index contributed by atoms with van der Waals surface area (Å²) in [5.41, 5.74) is 1.22. The summed E-state index contributed by atoms with van der Waals surface area (Å²) >= 11 is 0. The molecule has 0 fully saturated rings. The van der Waals surface area contributed by atoms with Gasteiger partial charge < -0.3 is 0 Å². The van der Waals surface area contributed by atoms with Crippen molar-refractivity contribution < 1.29 is 23.1 Å². The van der Waals surface area contributed by atoms with Crippen molar-refractivity contribution in [2.24, 2.45) is 4.36 Å². The molecule has 0 spiro atoms. The van der Waals surface area contributed by atoms with Crippen molar-refractivity contribution in [3.63, 3.8) is 0 Å². The first-order valence-corrected chi connectivity index (χ1v) is 8.89. The van der Waals surface area contributed by atoms with Crippen molar-refractivity contribution >= 4 is 9.73 Å². The second-order valence-corrected chi connectivity index (χ2v) is 8.56. The Morgan fingerprint density at radius 2 is 1.91 bits per heavy atom. The number of benzene rings is 2. The first-order chi connectivity index (χ1) is 10.1. The van der Waals surface area contributed by atoms with Gasteiger partial charge in [0, 0.05) is 6.54 Å². The molecular formula is C18H20LiNOS. The Bertz CT molecular complexity index is 723. The van der Waals surface area contributed by atoms with Crippen LogP contribution >= 0.6 is 0 Å². The molecule has 2 atom stereocenters. The van der Waals surface area contributed by atoms with E-state index in [0.29, 0.717) is 6.54 Å². The second-order valence-electron chi connectivity index (χ2n) is 5.82. The van der Waals surface area contributed by atoms with Crippen molar-refractivity contribution in [2.45, 2.75) is 35.8 Å². The number of hydrogen-bond donors (Lipinski definition) is 0. The SMILES string of the molecule is C[C@]1(Cc2ccccc2)CCCN=[S@@]1(=O)c1[c-]cccc1.[Li+]. The molecule has 0 saturated carbocycles. The maximum atomic E-state index is 13.7. The van der Waals surface area contributed by atoms with Gasteiger partial charge in [0.1, 0.15) is 0 Å². The Labute approximate surface area is 145 Å². The molecule has 1 aliphatic heterocycles. The number of nitrogens with zero attached hydrogens (tertiary/aromatic N) is 1. The van der Waals surface area contributed by atoms with Crippen molar-refractivity contribution in [1.82, 2.24) is 0 Å². The minimum absolute atomic E-state index is 0. The van der Waals surface area contributed by atoms with Gasteiger partial charge in [0.25, 0.3) is 0 Å². The molecule has 0 N–H and O–H groups in total. The Morgan fingerprint density at radius 3 is 2.59 bits per heavy atom. The predicted molar refractivity (Wildman–Crippen MR) is 86.8 cm³/mol. The van der Waals surface area contributed by atoms with Gasteiger partial charge in [-0.1, -0.05) is 35.2 Å². The summed E-state index contributed by atoms with van der Waals surface area (Å²) < 4.78 is 17.9. The molecule has 0 amide bonds. The number of hydrogen-bond acceptors (Lipinski definition) is 2. The zero-order chi connectivity index (χ0) is 14.8. The van der Waals surface area contributed by atoms with Crippen molar-refractivity contribution in [3.8, 4) is 0 Å². The molecule has 2 nitrogen and oxygen atoms in total. The smallest absolute Gasteiger partial charge is 0.246 e. The number of rotatable bonds is 3. The molecule has 4 heteroatoms. The van der Waals surface area contributed by atoms with Crippen molar-refractivity contribution in [1.29, 1.82) is 0 Å². The van der Waals surface area contributed by atoms with Gasteiger partial charge in [-0.25, -0.2) is 8.57 Å². The quantitative estimate of drug-likeness (QED) is 0.617. The normalized spacial score (nSPS) is 27.5. The third-order valence-corrected chi connectivity index (χ3v) is 7.28. The molecule has 0 aromatic heterocycles. The molecular weight excluding hydrogens is 285 g/mol. The molecule has 2 aromatic carbocycles. The molecule has 1 heterocycles. The van der Waals surface area contributed by atoms with Gasteiger partial charge in [-0.05, 0) is 31.7 Å². The van der Waals surface area contributed by atoms with Gasteiger partial charge in [-0.15, -0.1) is 0 Å². The van der Waals surface area contributed by atoms with E-state index in [1.165, 1.54) is 5.56 Å². The van der Waals surface area contributed by atoms with E-state index >= 15 is 0 Å². The summed E-state index contributed by atoms with van der Waals surface area (Å²) in [5, 5.41) is 0. The fraction of sp³-hybridized carbons (Fsp3) is 0.333. The fourth-order valence-corrected chi connectivity index (χ4v) is 5.68. The second kappa shape index (κ2) is 7.04. The monoisotopic (exact) mass is 305 g/mol. The van der Waals surface area contributed by atoms with Gasteiger partial charge in [0.2, 0.25) is 0 Å². The molecule has 3 rings (SSSR count). The molecule has 0 radical (unpaired) electrons. The van der Waals surface area contributed by atoms with Crippen molar-refractivity contribution in [2.75, 3.05) is 6.54 Å². The van der Waals surface area contributed by atoms with E-state index in [2.05, 4.69) is 29.5 Å². The summed E-state index contributed by atoms with van der Waals surface area (Å²) in [7, 11) is -2.44. The Balaban J connectivity index is 0.00000176. The summed E-state index contributed by atoms with van der Waals surface area (Å²) in [4.78, 5) is 0.753. The van der Waals surface area contributed by atoms with Gasteiger partial charge in [0.15, 0.2) is 0 Å². The molecule has 1 aliphatic rings. The molecule has 0 bridgehead atoms. The van der Waals surface area contributed by atoms with Crippen LogP contribution in [-0.2, 0) is 16.1 Å². The molecule has 0 unspecified atom stereocenters. The van der Waals surface area contributed by atoms with E-state index in [1.807, 2.05) is 42.5 Å². The molecule has 110 valence electrons. The van der Waals surface area contributed by atoms with E-state index < -0.39 is 9.73 Å². The van der Waals surface area contributed by atoms with Crippen molar-refractivity contribution in [3.05, 3.63) is 66.2 Å². The van der Waals surface area contributed by atoms with Crippen LogP contribution in [0.4, 0.5) is 0 Å². The third kappa shape index (κ3) is 3.18. The fourth-order valence-electron chi connectivity index (χ4n) is 3.04. The van der Waals surface area contributed by atoms with Crippen LogP contribution < -0.4 is 18.9 Å². The summed E-state index contributed by atoms with van der Waals surface area (Å²) in [6.45, 7) is 2.80. The minimum Gasteiger partial charge on any atom is -0.246 e. The van der Waals surface area contributed by atoms with Crippen LogP contribution in [0.2, 0.25) is 0 Å². The molecule has 2 aromatic rings. The van der Waals surface area contributed by atoms with Gasteiger partial charge in [-0.3, -0.25) is 0 Å². The zero-order valence-electron chi connectivity index (χ0n) is 13.3. The van der Waals surface area contributed by atoms with Crippen LogP contribution in [0.25, 0.3) is 0 Å². The van der Waals surface area contributed by atoms with Crippen LogP contribution in [0.3, 0.4) is 0 Å². The van der Waals surface area contributed by atoms with Gasteiger partial charge in [-0.2, -0.15) is 30.3 Å². The average Bonchev–Trinajstić information content (AvgIpc) is 2.52. The summed E-state index contributed by atoms with van der Waals surface area (Å²) in [6.07, 6.45) is 2.74. The van der Waals surface area contributed by atoms with E-state index in [9.17, 15) is 4.21 Å². The van der Waals surface area contributed by atoms with Crippen LogP contribution in [0, 0.1) is 6.07 Å². The van der Waals surface area contributed by atoms with Crippen LogP contribution in [0.5, 0.6) is 0 Å². The van der Waals surface area contributed by atoms with E-state index in [4.69, 9.17) is 0 Å². The third-order valence-electron chi connectivity index (χ3n) is 4.20.